The molecule has 5 heteroatoms. The fraction of sp³-hybridized carbons (Fsp3) is 0.429. The number of benzene rings is 1. The van der Waals surface area contributed by atoms with Gasteiger partial charge in [0, 0.05) is 11.8 Å². The molecule has 1 atom stereocenters. The van der Waals surface area contributed by atoms with Crippen LogP contribution in [0.25, 0.3) is 0 Å². The van der Waals surface area contributed by atoms with Gasteiger partial charge in [0.1, 0.15) is 5.82 Å². The Bertz CT molecular complexity index is 563. The molecule has 0 aliphatic rings. The minimum Gasteiger partial charge on any atom is -0.387 e. The van der Waals surface area contributed by atoms with E-state index in [-0.39, 0.29) is 11.2 Å². The summed E-state index contributed by atoms with van der Waals surface area (Å²) in [6.45, 7) is 6.09. The molecule has 0 radical (unpaired) electrons. The highest BCUT2D eigenvalue weighted by molar-refractivity contribution is 7.05. The van der Waals surface area contributed by atoms with Gasteiger partial charge in [0.2, 0.25) is 0 Å². The summed E-state index contributed by atoms with van der Waals surface area (Å²) in [4.78, 5) is 0.761. The Kier molecular flexibility index (Phi) is 3.96. The Morgan fingerprint density at radius 3 is 2.74 bits per heavy atom. The Morgan fingerprint density at radius 2 is 2.11 bits per heavy atom. The first-order chi connectivity index (χ1) is 8.88. The summed E-state index contributed by atoms with van der Waals surface area (Å²) in [5.74, 6) is -0.289. The van der Waals surface area contributed by atoms with E-state index in [2.05, 4.69) is 9.59 Å². The minimum absolute atomic E-state index is 0.161. The third-order valence-electron chi connectivity index (χ3n) is 2.84. The number of nitrogens with zero attached hydrogens (tertiary/aromatic N) is 2. The molecule has 0 spiro atoms. The van der Waals surface area contributed by atoms with Crippen molar-refractivity contribution in [1.82, 2.24) is 9.59 Å². The molecule has 1 heterocycles. The molecule has 0 aliphatic heterocycles. The molecular weight excluding hydrogens is 263 g/mol. The second-order valence-corrected chi connectivity index (χ2v) is 6.37. The van der Waals surface area contributed by atoms with Crippen molar-refractivity contribution < 1.29 is 9.50 Å². The number of aliphatic hydroxyl groups is 1. The molecule has 3 nitrogen and oxygen atoms in total. The van der Waals surface area contributed by atoms with Gasteiger partial charge in [-0.15, -0.1) is 5.10 Å². The summed E-state index contributed by atoms with van der Waals surface area (Å²) in [6, 6.07) is 6.28. The number of halogens is 1. The highest BCUT2D eigenvalue weighted by Gasteiger charge is 2.26. The van der Waals surface area contributed by atoms with Gasteiger partial charge in [0.25, 0.3) is 0 Å². The van der Waals surface area contributed by atoms with Crippen molar-refractivity contribution in [2.75, 3.05) is 0 Å². The zero-order chi connectivity index (χ0) is 14.0. The van der Waals surface area contributed by atoms with Crippen LogP contribution in [-0.4, -0.2) is 14.7 Å². The average Bonchev–Trinajstić information content (AvgIpc) is 2.77. The molecule has 102 valence electrons. The van der Waals surface area contributed by atoms with Gasteiger partial charge < -0.3 is 5.11 Å². The highest BCUT2D eigenvalue weighted by atomic mass is 32.1. The lowest BCUT2D eigenvalue weighted by molar-refractivity contribution is 0.179. The summed E-state index contributed by atoms with van der Waals surface area (Å²) in [5, 5.41) is 14.4. The largest absolute Gasteiger partial charge is 0.387 e. The Morgan fingerprint density at radius 1 is 1.37 bits per heavy atom. The van der Waals surface area contributed by atoms with Gasteiger partial charge in [-0.3, -0.25) is 0 Å². The Labute approximate surface area is 116 Å². The first-order valence-corrected chi connectivity index (χ1v) is 6.90. The summed E-state index contributed by atoms with van der Waals surface area (Å²) in [7, 11) is 0. The van der Waals surface area contributed by atoms with E-state index < -0.39 is 6.10 Å². The van der Waals surface area contributed by atoms with E-state index in [0.29, 0.717) is 6.42 Å². The molecular formula is C14H17FN2OS. The maximum atomic E-state index is 13.1. The first kappa shape index (κ1) is 14.1. The zero-order valence-corrected chi connectivity index (χ0v) is 12.0. The van der Waals surface area contributed by atoms with Crippen LogP contribution in [0, 0.1) is 5.82 Å². The van der Waals surface area contributed by atoms with E-state index in [1.807, 2.05) is 20.8 Å². The second kappa shape index (κ2) is 5.35. The molecule has 1 aromatic carbocycles. The summed E-state index contributed by atoms with van der Waals surface area (Å²) >= 11 is 1.20. The van der Waals surface area contributed by atoms with E-state index in [9.17, 15) is 9.50 Å². The van der Waals surface area contributed by atoms with Crippen LogP contribution in [0.3, 0.4) is 0 Å². The predicted molar refractivity (Wildman–Crippen MR) is 73.7 cm³/mol. The van der Waals surface area contributed by atoms with Crippen LogP contribution in [0.4, 0.5) is 4.39 Å². The maximum Gasteiger partial charge on any atom is 0.123 e. The molecule has 0 amide bonds. The molecule has 1 unspecified atom stereocenters. The Balaban J connectivity index is 2.21. The van der Waals surface area contributed by atoms with Crippen LogP contribution in [0.1, 0.15) is 43.0 Å². The number of rotatable bonds is 3. The molecule has 1 N–H and O–H groups in total. The van der Waals surface area contributed by atoms with Gasteiger partial charge in [-0.25, -0.2) is 4.39 Å². The molecule has 0 saturated heterocycles. The monoisotopic (exact) mass is 280 g/mol. The maximum absolute atomic E-state index is 13.1. The molecule has 0 aliphatic carbocycles. The summed E-state index contributed by atoms with van der Waals surface area (Å²) < 4.78 is 17.1. The fourth-order valence-electron chi connectivity index (χ4n) is 1.92. The third kappa shape index (κ3) is 3.36. The molecule has 0 fully saturated rings. The van der Waals surface area contributed by atoms with Crippen LogP contribution in [0.5, 0.6) is 0 Å². The van der Waals surface area contributed by atoms with Gasteiger partial charge in [-0.1, -0.05) is 37.4 Å². The van der Waals surface area contributed by atoms with Crippen LogP contribution in [-0.2, 0) is 11.8 Å². The third-order valence-corrected chi connectivity index (χ3v) is 3.67. The standard InChI is InChI=1S/C14H17FN2OS/c1-14(2,3)13-12(19-17-16-13)11(18)8-9-5-4-6-10(15)7-9/h4-7,11,18H,8H2,1-3H3. The smallest absolute Gasteiger partial charge is 0.123 e. The molecule has 19 heavy (non-hydrogen) atoms. The van der Waals surface area contributed by atoms with Crippen molar-refractivity contribution in [3.05, 3.63) is 46.2 Å². The van der Waals surface area contributed by atoms with Gasteiger partial charge in [-0.05, 0) is 29.2 Å². The molecule has 0 bridgehead atoms. The number of aromatic nitrogens is 2. The fourth-order valence-corrected chi connectivity index (χ4v) is 2.76. The molecule has 1 aromatic heterocycles. The molecule has 0 saturated carbocycles. The number of hydrogen-bond acceptors (Lipinski definition) is 4. The summed E-state index contributed by atoms with van der Waals surface area (Å²) in [6.07, 6.45) is -0.332. The minimum atomic E-state index is -0.698. The van der Waals surface area contributed by atoms with Crippen molar-refractivity contribution in [3.8, 4) is 0 Å². The summed E-state index contributed by atoms with van der Waals surface area (Å²) in [5.41, 5.74) is 1.41. The van der Waals surface area contributed by atoms with Crippen LogP contribution < -0.4 is 0 Å². The van der Waals surface area contributed by atoms with Crippen molar-refractivity contribution in [3.63, 3.8) is 0 Å². The normalized spacial score (nSPS) is 13.5. The van der Waals surface area contributed by atoms with Crippen molar-refractivity contribution in [1.29, 1.82) is 0 Å². The van der Waals surface area contributed by atoms with Crippen molar-refractivity contribution in [2.45, 2.75) is 38.7 Å². The predicted octanol–water partition coefficient (Wildman–Crippen LogP) is 3.25. The van der Waals surface area contributed by atoms with E-state index in [1.54, 1.807) is 12.1 Å². The van der Waals surface area contributed by atoms with Gasteiger partial charge in [0.05, 0.1) is 16.7 Å². The van der Waals surface area contributed by atoms with E-state index in [1.165, 1.54) is 23.7 Å². The van der Waals surface area contributed by atoms with Crippen LogP contribution >= 0.6 is 11.5 Å². The molecule has 2 aromatic rings. The van der Waals surface area contributed by atoms with E-state index in [0.717, 1.165) is 16.1 Å². The highest BCUT2D eigenvalue weighted by Crippen LogP contribution is 2.31. The second-order valence-electron chi connectivity index (χ2n) is 5.59. The average molecular weight is 280 g/mol. The lowest BCUT2D eigenvalue weighted by atomic mass is 9.89. The van der Waals surface area contributed by atoms with E-state index >= 15 is 0 Å². The first-order valence-electron chi connectivity index (χ1n) is 6.13. The molecule has 2 rings (SSSR count). The topological polar surface area (TPSA) is 46.0 Å². The van der Waals surface area contributed by atoms with Gasteiger partial charge >= 0.3 is 0 Å². The van der Waals surface area contributed by atoms with Crippen LogP contribution in [0.15, 0.2) is 24.3 Å². The zero-order valence-electron chi connectivity index (χ0n) is 11.2. The van der Waals surface area contributed by atoms with E-state index in [4.69, 9.17) is 0 Å². The number of aliphatic hydroxyl groups excluding tert-OH is 1. The lowest BCUT2D eigenvalue weighted by Gasteiger charge is -2.19. The Hall–Kier alpha value is -1.33. The lowest BCUT2D eigenvalue weighted by Crippen LogP contribution is -2.16. The number of hydrogen-bond donors (Lipinski definition) is 1. The van der Waals surface area contributed by atoms with Crippen LogP contribution in [0.2, 0.25) is 0 Å². The van der Waals surface area contributed by atoms with Gasteiger partial charge in [-0.2, -0.15) is 0 Å². The SMILES string of the molecule is CC(C)(C)c1nnsc1C(O)Cc1cccc(F)c1. The quantitative estimate of drug-likeness (QED) is 0.938. The van der Waals surface area contributed by atoms with Gasteiger partial charge in [0.15, 0.2) is 0 Å². The van der Waals surface area contributed by atoms with Crippen molar-refractivity contribution >= 4 is 11.5 Å². The van der Waals surface area contributed by atoms with Crippen molar-refractivity contribution in [2.24, 2.45) is 0 Å².